The highest BCUT2D eigenvalue weighted by atomic mass is 19.3. The number of aromatic nitrogens is 1. The van der Waals surface area contributed by atoms with E-state index >= 15 is 0 Å². The van der Waals surface area contributed by atoms with Crippen molar-refractivity contribution in [1.82, 2.24) is 4.98 Å². The van der Waals surface area contributed by atoms with Gasteiger partial charge in [-0.15, -0.1) is 0 Å². The fourth-order valence-electron chi connectivity index (χ4n) is 1.36. The summed E-state index contributed by atoms with van der Waals surface area (Å²) in [5.41, 5.74) is -0.978. The van der Waals surface area contributed by atoms with E-state index in [2.05, 4.69) is 9.72 Å². The average molecular weight is 247 g/mol. The first-order chi connectivity index (χ1) is 7.97. The Balaban J connectivity index is 3.10. The summed E-state index contributed by atoms with van der Waals surface area (Å²) < 4.78 is 43.4. The summed E-state index contributed by atoms with van der Waals surface area (Å²) in [7, 11) is 0. The summed E-state index contributed by atoms with van der Waals surface area (Å²) in [5, 5.41) is 0. The van der Waals surface area contributed by atoms with Crippen LogP contribution in [0.2, 0.25) is 0 Å². The number of carbonyl (C=O) groups excluding carboxylic acids is 1. The summed E-state index contributed by atoms with van der Waals surface area (Å²) in [6, 6.07) is 0. The zero-order chi connectivity index (χ0) is 13.0. The minimum atomic E-state index is -2.92. The minimum Gasteiger partial charge on any atom is -0.466 e. The maximum absolute atomic E-state index is 13.6. The Morgan fingerprint density at radius 3 is 2.71 bits per heavy atom. The molecule has 0 fully saturated rings. The average Bonchev–Trinajstić information content (AvgIpc) is 2.25. The van der Waals surface area contributed by atoms with E-state index in [1.165, 1.54) is 6.92 Å². The van der Waals surface area contributed by atoms with Crippen molar-refractivity contribution in [1.29, 1.82) is 0 Å². The van der Waals surface area contributed by atoms with Crippen molar-refractivity contribution in [2.75, 3.05) is 6.61 Å². The van der Waals surface area contributed by atoms with Gasteiger partial charge in [0.05, 0.1) is 13.0 Å². The van der Waals surface area contributed by atoms with Gasteiger partial charge < -0.3 is 4.74 Å². The third-order valence-electron chi connectivity index (χ3n) is 2.15. The molecule has 0 radical (unpaired) electrons. The van der Waals surface area contributed by atoms with E-state index in [4.69, 9.17) is 0 Å². The first-order valence-corrected chi connectivity index (χ1v) is 5.05. The predicted octanol–water partition coefficient (Wildman–Crippen LogP) is 2.57. The molecule has 0 spiro atoms. The monoisotopic (exact) mass is 247 g/mol. The van der Waals surface area contributed by atoms with Crippen molar-refractivity contribution in [3.05, 3.63) is 28.8 Å². The van der Waals surface area contributed by atoms with Crippen LogP contribution in [0.15, 0.2) is 6.20 Å². The van der Waals surface area contributed by atoms with Gasteiger partial charge in [-0.25, -0.2) is 13.2 Å². The fourth-order valence-corrected chi connectivity index (χ4v) is 1.36. The number of pyridine rings is 1. The lowest BCUT2D eigenvalue weighted by atomic mass is 10.1. The van der Waals surface area contributed by atoms with E-state index in [-0.39, 0.29) is 12.2 Å². The molecule has 0 unspecified atom stereocenters. The Kier molecular flexibility index (Phi) is 4.48. The standard InChI is InChI=1S/C11H12F3NO2/c1-3-17-8(16)4-7-9(12)6(2)5-15-10(7)11(13)14/h5,11H,3-4H2,1-2H3. The zero-order valence-electron chi connectivity index (χ0n) is 9.47. The third kappa shape index (κ3) is 3.18. The van der Waals surface area contributed by atoms with Gasteiger partial charge in [0.1, 0.15) is 11.5 Å². The van der Waals surface area contributed by atoms with E-state index in [1.54, 1.807) is 6.92 Å². The van der Waals surface area contributed by atoms with E-state index in [9.17, 15) is 18.0 Å². The first-order valence-electron chi connectivity index (χ1n) is 5.05. The molecule has 0 amide bonds. The molecule has 0 aliphatic carbocycles. The van der Waals surface area contributed by atoms with Gasteiger partial charge in [-0.2, -0.15) is 0 Å². The fraction of sp³-hybridized carbons (Fsp3) is 0.455. The number of ether oxygens (including phenoxy) is 1. The lowest BCUT2D eigenvalue weighted by Crippen LogP contribution is -2.13. The van der Waals surface area contributed by atoms with Crippen LogP contribution in [-0.2, 0) is 16.0 Å². The van der Waals surface area contributed by atoms with E-state index < -0.39 is 35.9 Å². The number of esters is 1. The molecular weight excluding hydrogens is 235 g/mol. The highest BCUT2D eigenvalue weighted by Crippen LogP contribution is 2.25. The van der Waals surface area contributed by atoms with Crippen molar-refractivity contribution in [3.63, 3.8) is 0 Å². The maximum Gasteiger partial charge on any atom is 0.310 e. The van der Waals surface area contributed by atoms with Crippen molar-refractivity contribution in [3.8, 4) is 0 Å². The molecule has 0 aromatic carbocycles. The van der Waals surface area contributed by atoms with Gasteiger partial charge in [0.2, 0.25) is 0 Å². The smallest absolute Gasteiger partial charge is 0.310 e. The Labute approximate surface area is 96.6 Å². The van der Waals surface area contributed by atoms with E-state index in [0.717, 1.165) is 6.20 Å². The molecule has 0 N–H and O–H groups in total. The van der Waals surface area contributed by atoms with Gasteiger partial charge >= 0.3 is 5.97 Å². The Hall–Kier alpha value is -1.59. The second kappa shape index (κ2) is 5.65. The predicted molar refractivity (Wildman–Crippen MR) is 54.2 cm³/mol. The summed E-state index contributed by atoms with van der Waals surface area (Å²) in [6.07, 6.45) is -2.44. The normalized spacial score (nSPS) is 10.7. The number of rotatable bonds is 4. The molecule has 94 valence electrons. The largest absolute Gasteiger partial charge is 0.466 e. The van der Waals surface area contributed by atoms with E-state index in [1.807, 2.05) is 0 Å². The summed E-state index contributed by atoms with van der Waals surface area (Å²) in [4.78, 5) is 14.6. The third-order valence-corrected chi connectivity index (χ3v) is 2.15. The van der Waals surface area contributed by atoms with Crippen LogP contribution in [0, 0.1) is 12.7 Å². The van der Waals surface area contributed by atoms with Gasteiger partial charge in [0.25, 0.3) is 6.43 Å². The van der Waals surface area contributed by atoms with Gasteiger partial charge in [-0.05, 0) is 13.8 Å². The van der Waals surface area contributed by atoms with Crippen LogP contribution in [0.25, 0.3) is 0 Å². The number of nitrogens with zero attached hydrogens (tertiary/aromatic N) is 1. The molecule has 1 heterocycles. The topological polar surface area (TPSA) is 39.2 Å². The molecule has 0 aliphatic rings. The highest BCUT2D eigenvalue weighted by Gasteiger charge is 2.22. The zero-order valence-corrected chi connectivity index (χ0v) is 9.47. The second-order valence-electron chi connectivity index (χ2n) is 3.40. The lowest BCUT2D eigenvalue weighted by Gasteiger charge is -2.10. The van der Waals surface area contributed by atoms with E-state index in [0.29, 0.717) is 0 Å². The minimum absolute atomic E-state index is 0.115. The molecule has 0 atom stereocenters. The van der Waals surface area contributed by atoms with Crippen molar-refractivity contribution < 1.29 is 22.7 Å². The van der Waals surface area contributed by atoms with Crippen molar-refractivity contribution >= 4 is 5.97 Å². The van der Waals surface area contributed by atoms with Crippen LogP contribution < -0.4 is 0 Å². The quantitative estimate of drug-likeness (QED) is 0.767. The lowest BCUT2D eigenvalue weighted by molar-refractivity contribution is -0.142. The first kappa shape index (κ1) is 13.5. The van der Waals surface area contributed by atoms with Gasteiger partial charge in [0.15, 0.2) is 0 Å². The molecule has 6 heteroatoms. The Morgan fingerprint density at radius 1 is 1.53 bits per heavy atom. The van der Waals surface area contributed by atoms with Crippen LogP contribution in [-0.4, -0.2) is 17.6 Å². The second-order valence-corrected chi connectivity index (χ2v) is 3.40. The van der Waals surface area contributed by atoms with Gasteiger partial charge in [-0.1, -0.05) is 0 Å². The molecule has 0 saturated heterocycles. The number of carbonyl (C=O) groups is 1. The maximum atomic E-state index is 13.6. The number of alkyl halides is 2. The Morgan fingerprint density at radius 2 is 2.18 bits per heavy atom. The molecule has 1 aromatic heterocycles. The summed E-state index contributed by atoms with van der Waals surface area (Å²) in [6.45, 7) is 3.09. The van der Waals surface area contributed by atoms with Gasteiger partial charge in [0, 0.05) is 17.3 Å². The highest BCUT2D eigenvalue weighted by molar-refractivity contribution is 5.73. The number of hydrogen-bond donors (Lipinski definition) is 0. The Bertz CT molecular complexity index is 421. The van der Waals surface area contributed by atoms with Crippen LogP contribution in [0.1, 0.15) is 30.2 Å². The summed E-state index contributed by atoms with van der Waals surface area (Å²) >= 11 is 0. The van der Waals surface area contributed by atoms with Gasteiger partial charge in [-0.3, -0.25) is 9.78 Å². The molecule has 0 bridgehead atoms. The summed E-state index contributed by atoms with van der Waals surface area (Å²) in [5.74, 6) is -1.58. The molecule has 0 aliphatic heterocycles. The molecule has 0 saturated carbocycles. The molecule has 17 heavy (non-hydrogen) atoms. The van der Waals surface area contributed by atoms with Crippen molar-refractivity contribution in [2.24, 2.45) is 0 Å². The van der Waals surface area contributed by atoms with Crippen LogP contribution in [0.4, 0.5) is 13.2 Å². The SMILES string of the molecule is CCOC(=O)Cc1c(C(F)F)ncc(C)c1F. The van der Waals surface area contributed by atoms with Crippen LogP contribution >= 0.6 is 0 Å². The number of hydrogen-bond acceptors (Lipinski definition) is 3. The molecule has 1 aromatic rings. The molecular formula is C11H12F3NO2. The van der Waals surface area contributed by atoms with Crippen molar-refractivity contribution in [2.45, 2.75) is 26.7 Å². The van der Waals surface area contributed by atoms with Crippen LogP contribution in [0.3, 0.4) is 0 Å². The number of aryl methyl sites for hydroxylation is 1. The number of halogens is 3. The molecule has 1 rings (SSSR count). The van der Waals surface area contributed by atoms with Crippen LogP contribution in [0.5, 0.6) is 0 Å². The molecule has 3 nitrogen and oxygen atoms in total.